The van der Waals surface area contributed by atoms with Crippen LogP contribution in [0.1, 0.15) is 47.1 Å². The topological polar surface area (TPSA) is 0 Å². The molecule has 134 valence electrons. The van der Waals surface area contributed by atoms with Crippen LogP contribution >= 0.6 is 0 Å². The minimum atomic E-state index is 1.26. The Labute approximate surface area is 155 Å². The molecule has 0 aliphatic rings. The third-order valence-corrected chi connectivity index (χ3v) is 3.32. The summed E-state index contributed by atoms with van der Waals surface area (Å²) in [4.78, 5) is 0. The molecule has 3 aromatic rings. The standard InChI is InChI=1S/C19H16.3C2H6/c1-15-7-5-10-17(13-15)19-12-6-11-18(14-19)16-8-3-2-4-9-16;3*1-2/h2-14H,1H3;3*1-2H3. The highest BCUT2D eigenvalue weighted by atomic mass is 14.1. The molecule has 0 N–H and O–H groups in total. The minimum absolute atomic E-state index is 1.26. The molecule has 0 heterocycles. The van der Waals surface area contributed by atoms with Crippen LogP contribution < -0.4 is 0 Å². The molecule has 0 aliphatic heterocycles. The quantitative estimate of drug-likeness (QED) is 0.441. The van der Waals surface area contributed by atoms with E-state index in [-0.39, 0.29) is 0 Å². The first-order chi connectivity index (χ1) is 12.3. The van der Waals surface area contributed by atoms with Crippen LogP contribution in [0.15, 0.2) is 78.9 Å². The van der Waals surface area contributed by atoms with Gasteiger partial charge in [0.1, 0.15) is 0 Å². The lowest BCUT2D eigenvalue weighted by molar-refractivity contribution is 1.47. The summed E-state index contributed by atoms with van der Waals surface area (Å²) < 4.78 is 0. The number of hydrogen-bond donors (Lipinski definition) is 0. The molecule has 25 heavy (non-hydrogen) atoms. The van der Waals surface area contributed by atoms with Gasteiger partial charge >= 0.3 is 0 Å². The van der Waals surface area contributed by atoms with Gasteiger partial charge in [0.25, 0.3) is 0 Å². The van der Waals surface area contributed by atoms with Crippen LogP contribution in [0.25, 0.3) is 22.3 Å². The minimum Gasteiger partial charge on any atom is -0.0683 e. The Hall–Kier alpha value is -2.34. The van der Waals surface area contributed by atoms with Crippen molar-refractivity contribution >= 4 is 0 Å². The molecule has 0 saturated carbocycles. The first-order valence-corrected chi connectivity index (χ1v) is 9.55. The Balaban J connectivity index is 0.000000871. The second-order valence-corrected chi connectivity index (χ2v) is 4.82. The van der Waals surface area contributed by atoms with Crippen molar-refractivity contribution in [2.45, 2.75) is 48.5 Å². The van der Waals surface area contributed by atoms with Crippen LogP contribution in [-0.2, 0) is 0 Å². The lowest BCUT2D eigenvalue weighted by Crippen LogP contribution is -1.82. The number of aryl methyl sites for hydroxylation is 1. The van der Waals surface area contributed by atoms with Crippen LogP contribution in [0.4, 0.5) is 0 Å². The summed E-state index contributed by atoms with van der Waals surface area (Å²) in [6, 6.07) is 27.8. The SMILES string of the molecule is CC.CC.CC.Cc1cccc(-c2cccc(-c3ccccc3)c2)c1. The van der Waals surface area contributed by atoms with Gasteiger partial charge in [-0.3, -0.25) is 0 Å². The molecule has 0 radical (unpaired) electrons. The van der Waals surface area contributed by atoms with E-state index in [0.29, 0.717) is 0 Å². The van der Waals surface area contributed by atoms with Gasteiger partial charge in [-0.05, 0) is 35.2 Å². The zero-order valence-electron chi connectivity index (χ0n) is 17.0. The second kappa shape index (κ2) is 14.0. The molecule has 0 nitrogen and oxygen atoms in total. The first kappa shape index (κ1) is 22.7. The van der Waals surface area contributed by atoms with Crippen LogP contribution in [0.3, 0.4) is 0 Å². The molecule has 0 fully saturated rings. The normalized spacial score (nSPS) is 8.60. The van der Waals surface area contributed by atoms with Gasteiger partial charge in [-0.1, -0.05) is 120 Å². The maximum atomic E-state index is 2.25. The molecule has 3 aromatic carbocycles. The summed E-state index contributed by atoms with van der Waals surface area (Å²) in [7, 11) is 0. The number of hydrogen-bond acceptors (Lipinski definition) is 0. The van der Waals surface area contributed by atoms with Crippen molar-refractivity contribution in [2.24, 2.45) is 0 Å². The van der Waals surface area contributed by atoms with Crippen LogP contribution in [-0.4, -0.2) is 0 Å². The zero-order chi connectivity index (χ0) is 19.1. The molecule has 0 aromatic heterocycles. The average Bonchev–Trinajstić information content (AvgIpc) is 2.73. The molecular weight excluding hydrogens is 300 g/mol. The maximum absolute atomic E-state index is 2.25. The van der Waals surface area contributed by atoms with E-state index in [9.17, 15) is 0 Å². The molecule has 0 bridgehead atoms. The monoisotopic (exact) mass is 334 g/mol. The van der Waals surface area contributed by atoms with Gasteiger partial charge in [0.2, 0.25) is 0 Å². The Morgan fingerprint density at radius 1 is 0.400 bits per heavy atom. The second-order valence-electron chi connectivity index (χ2n) is 4.82. The fourth-order valence-corrected chi connectivity index (χ4v) is 2.33. The van der Waals surface area contributed by atoms with E-state index < -0.39 is 0 Å². The van der Waals surface area contributed by atoms with Gasteiger partial charge in [0.05, 0.1) is 0 Å². The van der Waals surface area contributed by atoms with Crippen molar-refractivity contribution in [1.29, 1.82) is 0 Å². The fraction of sp³-hybridized carbons (Fsp3) is 0.280. The summed E-state index contributed by atoms with van der Waals surface area (Å²) in [5, 5.41) is 0. The van der Waals surface area contributed by atoms with Crippen molar-refractivity contribution < 1.29 is 0 Å². The highest BCUT2D eigenvalue weighted by Crippen LogP contribution is 2.26. The number of benzene rings is 3. The van der Waals surface area contributed by atoms with Gasteiger partial charge in [-0.15, -0.1) is 0 Å². The summed E-state index contributed by atoms with van der Waals surface area (Å²) >= 11 is 0. The third-order valence-electron chi connectivity index (χ3n) is 3.32. The average molecular weight is 335 g/mol. The van der Waals surface area contributed by atoms with Gasteiger partial charge in [-0.25, -0.2) is 0 Å². The molecule has 0 unspecified atom stereocenters. The van der Waals surface area contributed by atoms with Crippen LogP contribution in [0, 0.1) is 6.92 Å². The van der Waals surface area contributed by atoms with Crippen LogP contribution in [0.5, 0.6) is 0 Å². The predicted molar refractivity (Wildman–Crippen MR) is 116 cm³/mol. The molecule has 0 spiro atoms. The molecule has 0 amide bonds. The van der Waals surface area contributed by atoms with Crippen molar-refractivity contribution in [3.63, 3.8) is 0 Å². The van der Waals surface area contributed by atoms with E-state index in [1.165, 1.54) is 27.8 Å². The molecule has 3 rings (SSSR count). The Bertz CT molecular complexity index is 681. The van der Waals surface area contributed by atoms with Crippen molar-refractivity contribution in [3.05, 3.63) is 84.4 Å². The van der Waals surface area contributed by atoms with E-state index in [0.717, 1.165) is 0 Å². The summed E-state index contributed by atoms with van der Waals surface area (Å²) in [6.07, 6.45) is 0. The largest absolute Gasteiger partial charge is 0.0683 e. The molecule has 0 aliphatic carbocycles. The number of rotatable bonds is 2. The lowest BCUT2D eigenvalue weighted by Gasteiger charge is -2.06. The summed E-state index contributed by atoms with van der Waals surface area (Å²) in [5.74, 6) is 0. The Morgan fingerprint density at radius 2 is 0.800 bits per heavy atom. The smallest absolute Gasteiger partial charge is 0.0178 e. The van der Waals surface area contributed by atoms with E-state index in [1.54, 1.807) is 0 Å². The van der Waals surface area contributed by atoms with Gasteiger partial charge in [0.15, 0.2) is 0 Å². The molecule has 0 saturated heterocycles. The fourth-order valence-electron chi connectivity index (χ4n) is 2.33. The van der Waals surface area contributed by atoms with Crippen LogP contribution in [0.2, 0.25) is 0 Å². The van der Waals surface area contributed by atoms with Gasteiger partial charge < -0.3 is 0 Å². The van der Waals surface area contributed by atoms with E-state index >= 15 is 0 Å². The summed E-state index contributed by atoms with van der Waals surface area (Å²) in [5.41, 5.74) is 6.36. The van der Waals surface area contributed by atoms with E-state index in [2.05, 4.69) is 79.7 Å². The summed E-state index contributed by atoms with van der Waals surface area (Å²) in [6.45, 7) is 14.1. The van der Waals surface area contributed by atoms with E-state index in [1.807, 2.05) is 47.6 Å². The molecular formula is C25H34. The van der Waals surface area contributed by atoms with Crippen molar-refractivity contribution in [2.75, 3.05) is 0 Å². The maximum Gasteiger partial charge on any atom is -0.0178 e. The Morgan fingerprint density at radius 3 is 1.32 bits per heavy atom. The van der Waals surface area contributed by atoms with Gasteiger partial charge in [0, 0.05) is 0 Å². The predicted octanol–water partition coefficient (Wildman–Crippen LogP) is 8.41. The first-order valence-electron chi connectivity index (χ1n) is 9.55. The third kappa shape index (κ3) is 7.39. The zero-order valence-corrected chi connectivity index (χ0v) is 17.0. The Kier molecular flexibility index (Phi) is 12.7. The molecule has 0 heteroatoms. The van der Waals surface area contributed by atoms with Crippen molar-refractivity contribution in [3.8, 4) is 22.3 Å². The highest BCUT2D eigenvalue weighted by Gasteiger charge is 2.01. The van der Waals surface area contributed by atoms with Gasteiger partial charge in [-0.2, -0.15) is 0 Å². The van der Waals surface area contributed by atoms with E-state index in [4.69, 9.17) is 0 Å². The molecule has 0 atom stereocenters. The van der Waals surface area contributed by atoms with Crippen molar-refractivity contribution in [1.82, 2.24) is 0 Å². The highest BCUT2D eigenvalue weighted by molar-refractivity contribution is 5.73. The lowest BCUT2D eigenvalue weighted by atomic mass is 9.98.